The van der Waals surface area contributed by atoms with Crippen LogP contribution in [0.3, 0.4) is 0 Å². The predicted octanol–water partition coefficient (Wildman–Crippen LogP) is 0.700. The van der Waals surface area contributed by atoms with Gasteiger partial charge < -0.3 is 5.73 Å². The van der Waals surface area contributed by atoms with Gasteiger partial charge >= 0.3 is 0 Å². The van der Waals surface area contributed by atoms with Crippen LogP contribution in [0.1, 0.15) is 11.3 Å². The van der Waals surface area contributed by atoms with E-state index in [1.807, 2.05) is 19.1 Å². The van der Waals surface area contributed by atoms with Crippen LogP contribution in [0.2, 0.25) is 0 Å². The molecular formula is C9H10N2. The van der Waals surface area contributed by atoms with Crippen molar-refractivity contribution < 1.29 is 0 Å². The number of hydrogen-bond donors (Lipinski definition) is 1. The highest BCUT2D eigenvalue weighted by atomic mass is 14.6. The molecule has 0 radical (unpaired) electrons. The zero-order valence-corrected chi connectivity index (χ0v) is 6.46. The molecule has 0 saturated heterocycles. The van der Waals surface area contributed by atoms with E-state index < -0.39 is 0 Å². The first-order valence-electron chi connectivity index (χ1n) is 3.44. The molecule has 1 rings (SSSR count). The van der Waals surface area contributed by atoms with E-state index in [4.69, 9.17) is 5.73 Å². The molecular weight excluding hydrogens is 136 g/mol. The van der Waals surface area contributed by atoms with Crippen LogP contribution in [0.25, 0.3) is 0 Å². The third kappa shape index (κ3) is 2.40. The summed E-state index contributed by atoms with van der Waals surface area (Å²) in [6.07, 6.45) is 1.75. The average Bonchev–Trinajstić information content (AvgIpc) is 2.01. The summed E-state index contributed by atoms with van der Waals surface area (Å²) in [5, 5.41) is 0. The van der Waals surface area contributed by atoms with Gasteiger partial charge in [-0.2, -0.15) is 0 Å². The number of rotatable bonds is 0. The summed E-state index contributed by atoms with van der Waals surface area (Å²) >= 11 is 0. The molecule has 0 spiro atoms. The Morgan fingerprint density at radius 2 is 2.45 bits per heavy atom. The summed E-state index contributed by atoms with van der Waals surface area (Å²) in [6.45, 7) is 2.34. The first-order chi connectivity index (χ1) is 5.33. The van der Waals surface area contributed by atoms with E-state index in [9.17, 15) is 0 Å². The van der Waals surface area contributed by atoms with Crippen LogP contribution in [0.4, 0.5) is 0 Å². The molecule has 11 heavy (non-hydrogen) atoms. The summed E-state index contributed by atoms with van der Waals surface area (Å²) in [5.41, 5.74) is 7.18. The molecule has 0 saturated carbocycles. The van der Waals surface area contributed by atoms with Crippen molar-refractivity contribution in [3.05, 3.63) is 29.6 Å². The standard InChI is InChI=1S/C9H10N2/c1-8-7-9(3-2-5-10)4-6-11-8/h4,6-7H,5,10H2,1H3. The number of nitrogens with two attached hydrogens (primary N) is 1. The van der Waals surface area contributed by atoms with Crippen molar-refractivity contribution in [2.75, 3.05) is 6.54 Å². The lowest BCUT2D eigenvalue weighted by atomic mass is 10.2. The molecule has 0 aliphatic heterocycles. The SMILES string of the molecule is Cc1cc(C#CCN)ccn1. The van der Waals surface area contributed by atoms with E-state index in [2.05, 4.69) is 16.8 Å². The lowest BCUT2D eigenvalue weighted by Crippen LogP contribution is -1.93. The van der Waals surface area contributed by atoms with Crippen LogP contribution < -0.4 is 5.73 Å². The molecule has 0 atom stereocenters. The van der Waals surface area contributed by atoms with Gasteiger partial charge in [0.2, 0.25) is 0 Å². The molecule has 2 N–H and O–H groups in total. The minimum atomic E-state index is 0.404. The van der Waals surface area contributed by atoms with Gasteiger partial charge in [0.05, 0.1) is 6.54 Å². The summed E-state index contributed by atoms with van der Waals surface area (Å²) < 4.78 is 0. The first kappa shape index (κ1) is 7.77. The maximum absolute atomic E-state index is 5.23. The molecule has 2 nitrogen and oxygen atoms in total. The lowest BCUT2D eigenvalue weighted by Gasteiger charge is -1.90. The van der Waals surface area contributed by atoms with E-state index in [0.29, 0.717) is 6.54 Å². The number of nitrogens with zero attached hydrogens (tertiary/aromatic N) is 1. The molecule has 0 unspecified atom stereocenters. The maximum atomic E-state index is 5.23. The van der Waals surface area contributed by atoms with Gasteiger partial charge in [-0.3, -0.25) is 4.98 Å². The number of hydrogen-bond acceptors (Lipinski definition) is 2. The molecule has 2 heteroatoms. The zero-order valence-electron chi connectivity index (χ0n) is 6.46. The van der Waals surface area contributed by atoms with Crippen LogP contribution in [0.15, 0.2) is 18.3 Å². The van der Waals surface area contributed by atoms with E-state index in [1.165, 1.54) is 0 Å². The fourth-order valence-corrected chi connectivity index (χ4v) is 0.776. The molecule has 1 aromatic heterocycles. The Morgan fingerprint density at radius 1 is 1.64 bits per heavy atom. The fraction of sp³-hybridized carbons (Fsp3) is 0.222. The highest BCUT2D eigenvalue weighted by Crippen LogP contribution is 1.97. The topological polar surface area (TPSA) is 38.9 Å². The van der Waals surface area contributed by atoms with Crippen LogP contribution >= 0.6 is 0 Å². The Balaban J connectivity index is 2.87. The third-order valence-corrected chi connectivity index (χ3v) is 1.23. The first-order valence-corrected chi connectivity index (χ1v) is 3.44. The summed E-state index contributed by atoms with van der Waals surface area (Å²) in [7, 11) is 0. The van der Waals surface area contributed by atoms with Crippen molar-refractivity contribution in [2.24, 2.45) is 5.73 Å². The highest BCUT2D eigenvalue weighted by molar-refractivity contribution is 5.34. The van der Waals surface area contributed by atoms with Gasteiger partial charge in [-0.05, 0) is 19.1 Å². The minimum absolute atomic E-state index is 0.404. The minimum Gasteiger partial charge on any atom is -0.320 e. The fourth-order valence-electron chi connectivity index (χ4n) is 0.776. The van der Waals surface area contributed by atoms with E-state index >= 15 is 0 Å². The number of aryl methyl sites for hydroxylation is 1. The van der Waals surface area contributed by atoms with Crippen molar-refractivity contribution in [3.8, 4) is 11.8 Å². The monoisotopic (exact) mass is 146 g/mol. The second kappa shape index (κ2) is 3.75. The third-order valence-electron chi connectivity index (χ3n) is 1.23. The Hall–Kier alpha value is -1.33. The van der Waals surface area contributed by atoms with Crippen molar-refractivity contribution in [3.63, 3.8) is 0 Å². The van der Waals surface area contributed by atoms with Gasteiger partial charge in [0.25, 0.3) is 0 Å². The van der Waals surface area contributed by atoms with E-state index in [-0.39, 0.29) is 0 Å². The van der Waals surface area contributed by atoms with Crippen LogP contribution in [0.5, 0.6) is 0 Å². The zero-order chi connectivity index (χ0) is 8.10. The van der Waals surface area contributed by atoms with E-state index in [0.717, 1.165) is 11.3 Å². The maximum Gasteiger partial charge on any atom is 0.0555 e. The normalized spacial score (nSPS) is 8.55. The Labute approximate surface area is 66.4 Å². The van der Waals surface area contributed by atoms with Gasteiger partial charge in [0.15, 0.2) is 0 Å². The van der Waals surface area contributed by atoms with Crippen molar-refractivity contribution >= 4 is 0 Å². The van der Waals surface area contributed by atoms with Crippen LogP contribution in [-0.2, 0) is 0 Å². The number of pyridine rings is 1. The highest BCUT2D eigenvalue weighted by Gasteiger charge is 1.86. The van der Waals surface area contributed by atoms with Gasteiger partial charge in [-0.1, -0.05) is 11.8 Å². The van der Waals surface area contributed by atoms with Crippen molar-refractivity contribution in [1.82, 2.24) is 4.98 Å². The molecule has 0 aliphatic rings. The predicted molar refractivity (Wildman–Crippen MR) is 44.9 cm³/mol. The second-order valence-corrected chi connectivity index (χ2v) is 2.19. The quantitative estimate of drug-likeness (QED) is 0.547. The van der Waals surface area contributed by atoms with Gasteiger partial charge in [0.1, 0.15) is 0 Å². The Kier molecular flexibility index (Phi) is 2.65. The van der Waals surface area contributed by atoms with Crippen LogP contribution in [0, 0.1) is 18.8 Å². The largest absolute Gasteiger partial charge is 0.320 e. The molecule has 0 aromatic carbocycles. The molecule has 0 bridgehead atoms. The Morgan fingerprint density at radius 3 is 3.09 bits per heavy atom. The average molecular weight is 146 g/mol. The lowest BCUT2D eigenvalue weighted by molar-refractivity contribution is 1.19. The summed E-state index contributed by atoms with van der Waals surface area (Å²) in [4.78, 5) is 4.05. The van der Waals surface area contributed by atoms with Gasteiger partial charge in [-0.25, -0.2) is 0 Å². The summed E-state index contributed by atoms with van der Waals surface area (Å²) in [6, 6.07) is 3.80. The number of aromatic nitrogens is 1. The smallest absolute Gasteiger partial charge is 0.0555 e. The van der Waals surface area contributed by atoms with Crippen molar-refractivity contribution in [2.45, 2.75) is 6.92 Å². The van der Waals surface area contributed by atoms with Gasteiger partial charge in [0, 0.05) is 17.5 Å². The molecule has 0 aliphatic carbocycles. The second-order valence-electron chi connectivity index (χ2n) is 2.19. The molecule has 0 amide bonds. The summed E-state index contributed by atoms with van der Waals surface area (Å²) in [5.74, 6) is 5.71. The molecule has 1 heterocycles. The van der Waals surface area contributed by atoms with E-state index in [1.54, 1.807) is 6.20 Å². The van der Waals surface area contributed by atoms with Crippen LogP contribution in [-0.4, -0.2) is 11.5 Å². The molecule has 0 fully saturated rings. The molecule has 56 valence electrons. The molecule has 1 aromatic rings. The van der Waals surface area contributed by atoms with Crippen molar-refractivity contribution in [1.29, 1.82) is 0 Å². The Bertz CT molecular complexity index is 294. The van der Waals surface area contributed by atoms with Gasteiger partial charge in [-0.15, -0.1) is 0 Å².